The third-order valence-corrected chi connectivity index (χ3v) is 7.84. The Hall–Kier alpha value is -2.60. The van der Waals surface area contributed by atoms with Gasteiger partial charge in [0.15, 0.2) is 6.17 Å². The van der Waals surface area contributed by atoms with Gasteiger partial charge >= 0.3 is 0 Å². The summed E-state index contributed by atoms with van der Waals surface area (Å²) in [4.78, 5) is 20.6. The molecule has 3 heterocycles. The van der Waals surface area contributed by atoms with Gasteiger partial charge in [0.05, 0.1) is 0 Å². The van der Waals surface area contributed by atoms with Crippen molar-refractivity contribution in [3.05, 3.63) is 46.8 Å². The monoisotopic (exact) mass is 507 g/mol. The Morgan fingerprint density at radius 1 is 1.19 bits per heavy atom. The van der Waals surface area contributed by atoms with Crippen molar-refractivity contribution in [2.75, 3.05) is 46.3 Å². The molecule has 2 N–H and O–H groups in total. The van der Waals surface area contributed by atoms with Crippen LogP contribution in [0, 0.1) is 17.2 Å². The lowest BCUT2D eigenvalue weighted by atomic mass is 9.99. The summed E-state index contributed by atoms with van der Waals surface area (Å²) in [6.45, 7) is 13.3. The molecule has 0 saturated carbocycles. The lowest BCUT2D eigenvalue weighted by Gasteiger charge is -2.40. The van der Waals surface area contributed by atoms with Crippen molar-refractivity contribution in [2.24, 2.45) is 5.92 Å². The first-order valence-electron chi connectivity index (χ1n) is 14.0. The maximum absolute atomic E-state index is 13.4. The van der Waals surface area contributed by atoms with Crippen molar-refractivity contribution >= 4 is 5.91 Å². The Labute approximate surface area is 223 Å². The van der Waals surface area contributed by atoms with Crippen LogP contribution in [0.15, 0.2) is 35.7 Å². The highest BCUT2D eigenvalue weighted by molar-refractivity contribution is 5.94. The van der Waals surface area contributed by atoms with Gasteiger partial charge in [-0.2, -0.15) is 5.26 Å². The molecule has 1 unspecified atom stereocenters. The highest BCUT2D eigenvalue weighted by Gasteiger charge is 2.28. The predicted octanol–water partition coefficient (Wildman–Crippen LogP) is 3.36. The lowest BCUT2D eigenvalue weighted by molar-refractivity contribution is 0.0788. The van der Waals surface area contributed by atoms with E-state index in [9.17, 15) is 10.1 Å². The molecule has 1 atom stereocenters. The quantitative estimate of drug-likeness (QED) is 0.523. The minimum Gasteiger partial charge on any atom is -0.343 e. The first-order valence-corrected chi connectivity index (χ1v) is 14.0. The van der Waals surface area contributed by atoms with Gasteiger partial charge in [0.25, 0.3) is 5.91 Å². The van der Waals surface area contributed by atoms with Crippen LogP contribution in [0.3, 0.4) is 0 Å². The van der Waals surface area contributed by atoms with E-state index in [-0.39, 0.29) is 5.91 Å². The maximum atomic E-state index is 13.4. The number of nitrogens with zero attached hydrogens (tertiary/aromatic N) is 5. The molecular formula is C29H45N7O. The van der Waals surface area contributed by atoms with E-state index in [0.29, 0.717) is 24.6 Å². The Bertz CT molecular complexity index is 986. The molecule has 3 aliphatic rings. The van der Waals surface area contributed by atoms with Gasteiger partial charge in [-0.3, -0.25) is 25.0 Å². The zero-order valence-electron chi connectivity index (χ0n) is 23.2. The first kappa shape index (κ1) is 27.4. The normalized spacial score (nSPS) is 22.5. The number of likely N-dealkylation sites (N-methyl/N-ethyl adjacent to an activating group) is 1. The number of hydrazine groups is 1. The van der Waals surface area contributed by atoms with E-state index < -0.39 is 6.17 Å². The van der Waals surface area contributed by atoms with Crippen LogP contribution >= 0.6 is 0 Å². The fourth-order valence-electron chi connectivity index (χ4n) is 5.88. The summed E-state index contributed by atoms with van der Waals surface area (Å²) in [6, 6.07) is 11.1. The molecule has 4 rings (SSSR count). The molecule has 0 bridgehead atoms. The van der Waals surface area contributed by atoms with E-state index >= 15 is 0 Å². The summed E-state index contributed by atoms with van der Waals surface area (Å²) in [5, 5.41) is 14.7. The smallest absolute Gasteiger partial charge is 0.269 e. The number of rotatable bonds is 8. The average molecular weight is 508 g/mol. The Kier molecular flexibility index (Phi) is 9.47. The van der Waals surface area contributed by atoms with E-state index in [1.165, 1.54) is 50.8 Å². The summed E-state index contributed by atoms with van der Waals surface area (Å²) in [7, 11) is 1.92. The fourth-order valence-corrected chi connectivity index (χ4v) is 5.88. The third-order valence-electron chi connectivity index (χ3n) is 7.84. The highest BCUT2D eigenvalue weighted by Crippen LogP contribution is 2.22. The third kappa shape index (κ3) is 7.25. The summed E-state index contributed by atoms with van der Waals surface area (Å²) in [5.41, 5.74) is 6.06. The number of nitriles is 1. The number of nitrogens with one attached hydrogen (secondary N) is 2. The summed E-state index contributed by atoms with van der Waals surface area (Å²) in [5.74, 6) is 1.03. The molecule has 0 spiro atoms. The van der Waals surface area contributed by atoms with Gasteiger partial charge in [0, 0.05) is 31.2 Å². The molecule has 1 aromatic rings. The van der Waals surface area contributed by atoms with Crippen LogP contribution in [-0.2, 0) is 6.54 Å². The average Bonchev–Trinajstić information content (AvgIpc) is 2.89. The standard InChI is InChI=1S/C29H45N7O/c1-22(2)19-36(28-23(3)20-33(4)27(18-30)31-28)32-29(37)25-10-8-9-24(17-25)21-34-15-11-26(12-16-34)35-13-6-5-7-14-35/h8-10,17,22,26-27,31H,5-7,11-16,19-21H2,1-4H3,(H,32,37). The molecule has 0 radical (unpaired) electrons. The van der Waals surface area contributed by atoms with Crippen molar-refractivity contribution < 1.29 is 4.79 Å². The van der Waals surface area contributed by atoms with Crippen molar-refractivity contribution in [3.63, 3.8) is 0 Å². The number of carbonyl (C=O) groups is 1. The molecule has 8 heteroatoms. The zero-order chi connectivity index (χ0) is 26.4. The van der Waals surface area contributed by atoms with Crippen LogP contribution < -0.4 is 10.7 Å². The lowest BCUT2D eigenvalue weighted by Crippen LogP contribution is -2.55. The molecule has 8 nitrogen and oxygen atoms in total. The van der Waals surface area contributed by atoms with Crippen molar-refractivity contribution in [1.29, 1.82) is 5.26 Å². The molecule has 1 amide bonds. The largest absolute Gasteiger partial charge is 0.343 e. The van der Waals surface area contributed by atoms with Crippen LogP contribution in [0.5, 0.6) is 0 Å². The number of likely N-dealkylation sites (tertiary alicyclic amines) is 2. The van der Waals surface area contributed by atoms with Gasteiger partial charge < -0.3 is 10.2 Å². The molecule has 0 aromatic heterocycles. The number of amides is 1. The summed E-state index contributed by atoms with van der Waals surface area (Å²) >= 11 is 0. The van der Waals surface area contributed by atoms with Gasteiger partial charge in [-0.15, -0.1) is 0 Å². The van der Waals surface area contributed by atoms with Gasteiger partial charge in [-0.1, -0.05) is 32.4 Å². The van der Waals surface area contributed by atoms with Gasteiger partial charge in [0.2, 0.25) is 0 Å². The second kappa shape index (κ2) is 12.8. The summed E-state index contributed by atoms with van der Waals surface area (Å²) < 4.78 is 0. The first-order chi connectivity index (χ1) is 17.8. The van der Waals surface area contributed by atoms with Crippen LogP contribution in [0.4, 0.5) is 0 Å². The Morgan fingerprint density at radius 2 is 1.92 bits per heavy atom. The molecule has 3 aliphatic heterocycles. The SMILES string of the molecule is CC1=C(N(CC(C)C)NC(=O)c2cccc(CN3CCC(N4CCCCC4)CC3)c2)NC(C#N)N(C)C1. The molecule has 2 saturated heterocycles. The molecule has 0 aliphatic carbocycles. The van der Waals surface area contributed by atoms with E-state index in [1.807, 2.05) is 42.1 Å². The Balaban J connectivity index is 1.38. The van der Waals surface area contributed by atoms with Crippen LogP contribution in [0.1, 0.15) is 68.8 Å². The minimum absolute atomic E-state index is 0.124. The van der Waals surface area contributed by atoms with Crippen LogP contribution in [0.2, 0.25) is 0 Å². The summed E-state index contributed by atoms with van der Waals surface area (Å²) in [6.07, 6.45) is 6.15. The maximum Gasteiger partial charge on any atom is 0.269 e. The van der Waals surface area contributed by atoms with E-state index in [2.05, 4.69) is 46.5 Å². The number of piperidine rings is 2. The van der Waals surface area contributed by atoms with Gasteiger partial charge in [0.1, 0.15) is 11.9 Å². The van der Waals surface area contributed by atoms with Crippen LogP contribution in [-0.4, -0.2) is 84.1 Å². The number of hydrogen-bond acceptors (Lipinski definition) is 7. The zero-order valence-corrected chi connectivity index (χ0v) is 23.2. The minimum atomic E-state index is -0.423. The number of carbonyl (C=O) groups excluding carboxylic acids is 1. The second-order valence-corrected chi connectivity index (χ2v) is 11.5. The molecule has 202 valence electrons. The predicted molar refractivity (Wildman–Crippen MR) is 147 cm³/mol. The van der Waals surface area contributed by atoms with E-state index in [4.69, 9.17) is 0 Å². The molecule has 1 aromatic carbocycles. The Morgan fingerprint density at radius 3 is 2.59 bits per heavy atom. The van der Waals surface area contributed by atoms with Crippen molar-refractivity contribution in [2.45, 2.75) is 71.6 Å². The van der Waals surface area contributed by atoms with Gasteiger partial charge in [-0.25, -0.2) is 0 Å². The van der Waals surface area contributed by atoms with E-state index in [1.54, 1.807) is 0 Å². The van der Waals surface area contributed by atoms with E-state index in [0.717, 1.165) is 37.1 Å². The fraction of sp³-hybridized carbons (Fsp3) is 0.655. The highest BCUT2D eigenvalue weighted by atomic mass is 16.2. The van der Waals surface area contributed by atoms with Gasteiger partial charge in [-0.05, 0) is 95.0 Å². The number of hydrogen-bond donors (Lipinski definition) is 2. The topological polar surface area (TPSA) is 77.9 Å². The second-order valence-electron chi connectivity index (χ2n) is 11.5. The van der Waals surface area contributed by atoms with Crippen molar-refractivity contribution in [3.8, 4) is 6.07 Å². The number of benzene rings is 1. The van der Waals surface area contributed by atoms with Crippen LogP contribution in [0.25, 0.3) is 0 Å². The van der Waals surface area contributed by atoms with Crippen molar-refractivity contribution in [1.82, 2.24) is 30.5 Å². The molecular weight excluding hydrogens is 462 g/mol. The molecule has 2 fully saturated rings. The molecule has 37 heavy (non-hydrogen) atoms.